The van der Waals surface area contributed by atoms with Crippen molar-refractivity contribution in [1.29, 1.82) is 0 Å². The summed E-state index contributed by atoms with van der Waals surface area (Å²) < 4.78 is 18.4. The lowest BCUT2D eigenvalue weighted by Crippen LogP contribution is -2.42. The maximum Gasteiger partial charge on any atom is 0.253 e. The molecule has 0 atom stereocenters. The number of hydrogen-bond acceptors (Lipinski definition) is 3. The van der Waals surface area contributed by atoms with E-state index in [1.54, 1.807) is 0 Å². The van der Waals surface area contributed by atoms with E-state index in [2.05, 4.69) is 0 Å². The molecule has 1 aliphatic heterocycles. The van der Waals surface area contributed by atoms with E-state index in [0.717, 1.165) is 0 Å². The second-order valence-corrected chi connectivity index (χ2v) is 3.31. The van der Waals surface area contributed by atoms with E-state index in [-0.39, 0.29) is 18.2 Å². The standard InChI is InChI=1S/C10H11FN2O2/c11-8-2-1-7(12)5-9(8)13-3-4-15-6-10(13)14/h1-2,5H,3-4,6,12H2. The van der Waals surface area contributed by atoms with Crippen molar-refractivity contribution in [3.8, 4) is 0 Å². The number of nitrogens with zero attached hydrogens (tertiary/aromatic N) is 1. The molecule has 1 fully saturated rings. The van der Waals surface area contributed by atoms with E-state index >= 15 is 0 Å². The number of nitrogens with two attached hydrogens (primary N) is 1. The van der Waals surface area contributed by atoms with Crippen LogP contribution in [0.5, 0.6) is 0 Å². The summed E-state index contributed by atoms with van der Waals surface area (Å²) in [5.41, 5.74) is 6.20. The number of ether oxygens (including phenoxy) is 1. The molecule has 2 N–H and O–H groups in total. The van der Waals surface area contributed by atoms with Crippen LogP contribution in [0.15, 0.2) is 18.2 Å². The Labute approximate surface area is 86.4 Å². The van der Waals surface area contributed by atoms with Crippen molar-refractivity contribution in [2.45, 2.75) is 0 Å². The molecule has 15 heavy (non-hydrogen) atoms. The molecule has 0 bridgehead atoms. The number of amides is 1. The van der Waals surface area contributed by atoms with Gasteiger partial charge in [-0.2, -0.15) is 0 Å². The molecule has 0 aliphatic carbocycles. The predicted octanol–water partition coefficient (Wildman–Crippen LogP) is 0.771. The van der Waals surface area contributed by atoms with Gasteiger partial charge in [-0.3, -0.25) is 4.79 Å². The minimum atomic E-state index is -0.445. The summed E-state index contributed by atoms with van der Waals surface area (Å²) in [6.07, 6.45) is 0. The summed E-state index contributed by atoms with van der Waals surface area (Å²) in [5.74, 6) is -0.690. The molecule has 1 aromatic carbocycles. The molecule has 4 nitrogen and oxygen atoms in total. The number of anilines is 2. The highest BCUT2D eigenvalue weighted by Gasteiger charge is 2.22. The van der Waals surface area contributed by atoms with Crippen LogP contribution < -0.4 is 10.6 Å². The smallest absolute Gasteiger partial charge is 0.253 e. The zero-order valence-corrected chi connectivity index (χ0v) is 8.07. The molecule has 80 valence electrons. The SMILES string of the molecule is Nc1ccc(F)c(N2CCOCC2=O)c1. The maximum atomic E-state index is 13.4. The number of carbonyl (C=O) groups is 1. The zero-order chi connectivity index (χ0) is 10.8. The van der Waals surface area contributed by atoms with Gasteiger partial charge in [0.15, 0.2) is 0 Å². The first kappa shape index (κ1) is 9.92. The van der Waals surface area contributed by atoms with Gasteiger partial charge < -0.3 is 15.4 Å². The molecule has 1 saturated heterocycles. The van der Waals surface area contributed by atoms with Crippen molar-refractivity contribution in [3.05, 3.63) is 24.0 Å². The van der Waals surface area contributed by atoms with Crippen LogP contribution in [0.2, 0.25) is 0 Å². The van der Waals surface area contributed by atoms with Crippen molar-refractivity contribution in [2.75, 3.05) is 30.4 Å². The van der Waals surface area contributed by atoms with E-state index in [1.165, 1.54) is 23.1 Å². The fourth-order valence-electron chi connectivity index (χ4n) is 1.51. The van der Waals surface area contributed by atoms with E-state index in [0.29, 0.717) is 18.8 Å². The van der Waals surface area contributed by atoms with Crippen LogP contribution in [0.25, 0.3) is 0 Å². The van der Waals surface area contributed by atoms with Crippen LogP contribution in [-0.2, 0) is 9.53 Å². The van der Waals surface area contributed by atoms with Crippen LogP contribution in [0, 0.1) is 5.82 Å². The average molecular weight is 210 g/mol. The molecule has 5 heteroatoms. The zero-order valence-electron chi connectivity index (χ0n) is 8.07. The molecular weight excluding hydrogens is 199 g/mol. The van der Waals surface area contributed by atoms with Crippen LogP contribution in [0.3, 0.4) is 0 Å². The van der Waals surface area contributed by atoms with Crippen LogP contribution in [-0.4, -0.2) is 25.7 Å². The van der Waals surface area contributed by atoms with Gasteiger partial charge in [0.1, 0.15) is 12.4 Å². The molecule has 1 heterocycles. The highest BCUT2D eigenvalue weighted by molar-refractivity contribution is 5.95. The second-order valence-electron chi connectivity index (χ2n) is 3.31. The first-order chi connectivity index (χ1) is 7.18. The topological polar surface area (TPSA) is 55.6 Å². The van der Waals surface area contributed by atoms with E-state index in [9.17, 15) is 9.18 Å². The Morgan fingerprint density at radius 2 is 2.27 bits per heavy atom. The summed E-state index contributed by atoms with van der Waals surface area (Å²) in [6.45, 7) is 0.771. The van der Waals surface area contributed by atoms with E-state index in [4.69, 9.17) is 10.5 Å². The molecule has 0 saturated carbocycles. The van der Waals surface area contributed by atoms with Crippen molar-refractivity contribution >= 4 is 17.3 Å². The number of rotatable bonds is 1. The van der Waals surface area contributed by atoms with Crippen molar-refractivity contribution in [2.24, 2.45) is 0 Å². The van der Waals surface area contributed by atoms with Crippen molar-refractivity contribution in [3.63, 3.8) is 0 Å². The highest BCUT2D eigenvalue weighted by atomic mass is 19.1. The number of morpholine rings is 1. The van der Waals surface area contributed by atoms with Gasteiger partial charge in [-0.15, -0.1) is 0 Å². The van der Waals surface area contributed by atoms with Gasteiger partial charge >= 0.3 is 0 Å². The summed E-state index contributed by atoms with van der Waals surface area (Å²) in [7, 11) is 0. The maximum absolute atomic E-state index is 13.4. The molecule has 0 radical (unpaired) electrons. The first-order valence-electron chi connectivity index (χ1n) is 4.61. The van der Waals surface area contributed by atoms with Gasteiger partial charge in [-0.1, -0.05) is 0 Å². The number of nitrogen functional groups attached to an aromatic ring is 1. The summed E-state index contributed by atoms with van der Waals surface area (Å²) in [6, 6.07) is 4.18. The molecule has 0 spiro atoms. The lowest BCUT2D eigenvalue weighted by molar-refractivity contribution is -0.125. The largest absolute Gasteiger partial charge is 0.399 e. The number of carbonyl (C=O) groups excluding carboxylic acids is 1. The Morgan fingerprint density at radius 1 is 1.47 bits per heavy atom. The van der Waals surface area contributed by atoms with Crippen LogP contribution >= 0.6 is 0 Å². The van der Waals surface area contributed by atoms with Crippen LogP contribution in [0.1, 0.15) is 0 Å². The number of benzene rings is 1. The lowest BCUT2D eigenvalue weighted by atomic mass is 10.2. The Morgan fingerprint density at radius 3 is 3.00 bits per heavy atom. The average Bonchev–Trinajstić information content (AvgIpc) is 2.23. The highest BCUT2D eigenvalue weighted by Crippen LogP contribution is 2.23. The predicted molar refractivity (Wildman–Crippen MR) is 54.0 cm³/mol. The fourth-order valence-corrected chi connectivity index (χ4v) is 1.51. The summed E-state index contributed by atoms with van der Waals surface area (Å²) >= 11 is 0. The van der Waals surface area contributed by atoms with Crippen molar-refractivity contribution < 1.29 is 13.9 Å². The fraction of sp³-hybridized carbons (Fsp3) is 0.300. The van der Waals surface area contributed by atoms with Crippen LogP contribution in [0.4, 0.5) is 15.8 Å². The van der Waals surface area contributed by atoms with Crippen molar-refractivity contribution in [1.82, 2.24) is 0 Å². The van der Waals surface area contributed by atoms with Gasteiger partial charge in [0, 0.05) is 12.2 Å². The third-order valence-electron chi connectivity index (χ3n) is 2.25. The van der Waals surface area contributed by atoms with E-state index in [1.807, 2.05) is 0 Å². The van der Waals surface area contributed by atoms with Gasteiger partial charge in [-0.25, -0.2) is 4.39 Å². The first-order valence-corrected chi connectivity index (χ1v) is 4.61. The lowest BCUT2D eigenvalue weighted by Gasteiger charge is -2.27. The minimum Gasteiger partial charge on any atom is -0.399 e. The monoisotopic (exact) mass is 210 g/mol. The van der Waals surface area contributed by atoms with Gasteiger partial charge in [-0.05, 0) is 18.2 Å². The van der Waals surface area contributed by atoms with Gasteiger partial charge in [0.2, 0.25) is 0 Å². The normalized spacial score (nSPS) is 16.9. The molecule has 1 amide bonds. The minimum absolute atomic E-state index is 0.00572. The Kier molecular flexibility index (Phi) is 2.55. The Balaban J connectivity index is 2.34. The second kappa shape index (κ2) is 3.86. The third kappa shape index (κ3) is 1.92. The summed E-state index contributed by atoms with van der Waals surface area (Å²) in [5, 5.41) is 0. The number of halogens is 1. The van der Waals surface area contributed by atoms with Gasteiger partial charge in [0.25, 0.3) is 5.91 Å². The summed E-state index contributed by atoms with van der Waals surface area (Å²) in [4.78, 5) is 12.8. The Hall–Kier alpha value is -1.62. The molecular formula is C10H11FN2O2. The molecule has 2 rings (SSSR count). The number of hydrogen-bond donors (Lipinski definition) is 1. The quantitative estimate of drug-likeness (QED) is 0.696. The molecule has 0 unspecified atom stereocenters. The van der Waals surface area contributed by atoms with Gasteiger partial charge in [0.05, 0.1) is 12.3 Å². The molecule has 1 aliphatic rings. The third-order valence-corrected chi connectivity index (χ3v) is 2.25. The molecule has 0 aromatic heterocycles. The molecule has 1 aromatic rings. The Bertz CT molecular complexity index is 395. The van der Waals surface area contributed by atoms with E-state index < -0.39 is 5.82 Å².